The van der Waals surface area contributed by atoms with Crippen molar-refractivity contribution in [3.05, 3.63) is 48.0 Å². The van der Waals surface area contributed by atoms with E-state index in [2.05, 4.69) is 0 Å². The number of rotatable bonds is 6. The molecular weight excluding hydrogens is 211 g/mol. The second kappa shape index (κ2) is 7.35. The van der Waals surface area contributed by atoms with Crippen LogP contribution in [0.4, 0.5) is 4.39 Å². The van der Waals surface area contributed by atoms with Crippen LogP contribution in [-0.2, 0) is 10.6 Å². The van der Waals surface area contributed by atoms with E-state index in [4.69, 9.17) is 4.18 Å². The number of halogens is 1. The van der Waals surface area contributed by atoms with Crippen molar-refractivity contribution in [3.63, 3.8) is 0 Å². The smallest absolute Gasteiger partial charge is 0.281 e. The van der Waals surface area contributed by atoms with Gasteiger partial charge in [-0.15, -0.1) is 0 Å². The van der Waals surface area contributed by atoms with E-state index in [1.165, 1.54) is 11.6 Å². The third kappa shape index (κ3) is 5.47. The minimum Gasteiger partial charge on any atom is -0.397 e. The van der Waals surface area contributed by atoms with Gasteiger partial charge in [0.1, 0.15) is 0 Å². The summed E-state index contributed by atoms with van der Waals surface area (Å²) in [6.45, 7) is 1.92. The molecule has 1 aromatic rings. The van der Waals surface area contributed by atoms with E-state index in [1.54, 1.807) is 0 Å². The number of aryl methyl sites for hydroxylation is 1. The minimum atomic E-state index is -0.488. The predicted molar refractivity (Wildman–Crippen MR) is 63.2 cm³/mol. The monoisotopic (exact) mass is 226 g/mol. The quantitative estimate of drug-likeness (QED) is 0.533. The highest BCUT2D eigenvalue weighted by Crippen LogP contribution is 2.12. The lowest BCUT2D eigenvalue weighted by atomic mass is 10.1. The zero-order valence-corrected chi connectivity index (χ0v) is 9.60. The minimum absolute atomic E-state index is 0.488. The molecular formula is C12H15FOS. The SMILES string of the molecule is CCSO/C(F)=C/CCc1ccccc1. The third-order valence-corrected chi connectivity index (χ3v) is 2.35. The molecule has 0 saturated carbocycles. The predicted octanol–water partition coefficient (Wildman–Crippen LogP) is 4.11. The summed E-state index contributed by atoms with van der Waals surface area (Å²) in [5.74, 6) is 0.750. The van der Waals surface area contributed by atoms with Gasteiger partial charge in [0.15, 0.2) is 0 Å². The molecule has 0 aliphatic heterocycles. The Balaban J connectivity index is 2.26. The van der Waals surface area contributed by atoms with Crippen LogP contribution in [0.25, 0.3) is 0 Å². The fourth-order valence-corrected chi connectivity index (χ4v) is 1.44. The van der Waals surface area contributed by atoms with Crippen LogP contribution >= 0.6 is 12.0 Å². The van der Waals surface area contributed by atoms with Crippen LogP contribution in [0.5, 0.6) is 0 Å². The summed E-state index contributed by atoms with van der Waals surface area (Å²) in [7, 11) is 0. The van der Waals surface area contributed by atoms with Crippen LogP contribution in [0.3, 0.4) is 0 Å². The fourth-order valence-electron chi connectivity index (χ4n) is 1.15. The van der Waals surface area contributed by atoms with Crippen LogP contribution in [0.2, 0.25) is 0 Å². The molecule has 0 saturated heterocycles. The molecule has 0 heterocycles. The van der Waals surface area contributed by atoms with Crippen LogP contribution in [0.1, 0.15) is 18.9 Å². The maximum Gasteiger partial charge on any atom is 0.281 e. The fraction of sp³-hybridized carbons (Fsp3) is 0.333. The van der Waals surface area contributed by atoms with Crippen molar-refractivity contribution < 1.29 is 8.57 Å². The molecule has 0 radical (unpaired) electrons. The summed E-state index contributed by atoms with van der Waals surface area (Å²) in [6.07, 6.45) is 2.99. The summed E-state index contributed by atoms with van der Waals surface area (Å²) in [5, 5.41) is 0. The van der Waals surface area contributed by atoms with Crippen molar-refractivity contribution in [1.82, 2.24) is 0 Å². The Morgan fingerprint density at radius 3 is 2.80 bits per heavy atom. The van der Waals surface area contributed by atoms with Crippen LogP contribution in [-0.4, -0.2) is 5.75 Å². The van der Waals surface area contributed by atoms with Crippen LogP contribution < -0.4 is 0 Å². The van der Waals surface area contributed by atoms with E-state index in [0.29, 0.717) is 6.42 Å². The number of benzene rings is 1. The lowest BCUT2D eigenvalue weighted by Crippen LogP contribution is -1.83. The van der Waals surface area contributed by atoms with Gasteiger partial charge in [-0.2, -0.15) is 4.39 Å². The summed E-state index contributed by atoms with van der Waals surface area (Å²) < 4.78 is 17.7. The van der Waals surface area contributed by atoms with Gasteiger partial charge in [0, 0.05) is 5.75 Å². The summed E-state index contributed by atoms with van der Waals surface area (Å²) in [6, 6.07) is 9.53. The van der Waals surface area contributed by atoms with Gasteiger partial charge in [0.05, 0.1) is 12.0 Å². The Morgan fingerprint density at radius 1 is 1.40 bits per heavy atom. The highest BCUT2D eigenvalue weighted by atomic mass is 32.2. The Hall–Kier alpha value is -0.960. The molecule has 0 N–H and O–H groups in total. The molecule has 0 aromatic heterocycles. The van der Waals surface area contributed by atoms with Gasteiger partial charge in [-0.1, -0.05) is 37.3 Å². The molecule has 0 spiro atoms. The second-order valence-electron chi connectivity index (χ2n) is 3.02. The first-order valence-electron chi connectivity index (χ1n) is 5.02. The number of hydrogen-bond acceptors (Lipinski definition) is 2. The molecule has 15 heavy (non-hydrogen) atoms. The molecule has 0 unspecified atom stereocenters. The van der Waals surface area contributed by atoms with Crippen molar-refractivity contribution in [3.8, 4) is 0 Å². The average Bonchev–Trinajstić information content (AvgIpc) is 2.28. The zero-order chi connectivity index (χ0) is 10.9. The summed E-state index contributed by atoms with van der Waals surface area (Å²) in [5.41, 5.74) is 1.21. The molecule has 3 heteroatoms. The first kappa shape index (κ1) is 12.1. The number of allylic oxidation sites excluding steroid dienone is 1. The van der Waals surface area contributed by atoms with Gasteiger partial charge in [0.2, 0.25) is 0 Å². The molecule has 0 bridgehead atoms. The van der Waals surface area contributed by atoms with Crippen molar-refractivity contribution in [2.75, 3.05) is 5.75 Å². The Labute approximate surface area is 94.5 Å². The van der Waals surface area contributed by atoms with Gasteiger partial charge in [0.25, 0.3) is 6.01 Å². The summed E-state index contributed by atoms with van der Waals surface area (Å²) >= 11 is 1.12. The highest BCUT2D eigenvalue weighted by Gasteiger charge is 1.95. The normalized spacial score (nSPS) is 11.5. The van der Waals surface area contributed by atoms with Gasteiger partial charge in [-0.05, 0) is 24.5 Å². The first-order valence-corrected chi connectivity index (χ1v) is 5.93. The van der Waals surface area contributed by atoms with E-state index >= 15 is 0 Å². The van der Waals surface area contributed by atoms with Gasteiger partial charge in [-0.3, -0.25) is 0 Å². The van der Waals surface area contributed by atoms with E-state index in [0.717, 1.165) is 24.2 Å². The standard InChI is InChI=1S/C12H15FOS/c1-2-15-14-12(13)10-6-9-11-7-4-3-5-8-11/h3-5,7-8,10H,2,6,9H2,1H3/b12-10+. The molecule has 0 fully saturated rings. The Morgan fingerprint density at radius 2 is 2.13 bits per heavy atom. The number of hydrogen-bond donors (Lipinski definition) is 0. The Kier molecular flexibility index (Phi) is 5.93. The lowest BCUT2D eigenvalue weighted by Gasteiger charge is -1.99. The molecule has 82 valence electrons. The third-order valence-electron chi connectivity index (χ3n) is 1.84. The Bertz CT molecular complexity index is 298. The van der Waals surface area contributed by atoms with Crippen LogP contribution in [0.15, 0.2) is 42.4 Å². The van der Waals surface area contributed by atoms with Gasteiger partial charge < -0.3 is 4.18 Å². The molecule has 1 rings (SSSR count). The summed E-state index contributed by atoms with van der Waals surface area (Å²) in [4.78, 5) is 0. The maximum atomic E-state index is 12.9. The van der Waals surface area contributed by atoms with Crippen molar-refractivity contribution in [2.24, 2.45) is 0 Å². The molecule has 0 atom stereocenters. The molecule has 0 aliphatic rings. The van der Waals surface area contributed by atoms with Crippen molar-refractivity contribution in [1.29, 1.82) is 0 Å². The van der Waals surface area contributed by atoms with E-state index < -0.39 is 6.01 Å². The van der Waals surface area contributed by atoms with E-state index in [9.17, 15) is 4.39 Å². The van der Waals surface area contributed by atoms with Gasteiger partial charge >= 0.3 is 0 Å². The van der Waals surface area contributed by atoms with Crippen molar-refractivity contribution >= 4 is 12.0 Å². The highest BCUT2D eigenvalue weighted by molar-refractivity contribution is 7.94. The maximum absolute atomic E-state index is 12.9. The molecule has 0 aliphatic carbocycles. The van der Waals surface area contributed by atoms with Crippen LogP contribution in [0, 0.1) is 0 Å². The van der Waals surface area contributed by atoms with Crippen molar-refractivity contribution in [2.45, 2.75) is 19.8 Å². The topological polar surface area (TPSA) is 9.23 Å². The van der Waals surface area contributed by atoms with Gasteiger partial charge in [-0.25, -0.2) is 0 Å². The van der Waals surface area contributed by atoms with E-state index in [-0.39, 0.29) is 0 Å². The largest absolute Gasteiger partial charge is 0.397 e. The molecule has 1 nitrogen and oxygen atoms in total. The van der Waals surface area contributed by atoms with E-state index in [1.807, 2.05) is 37.3 Å². The first-order chi connectivity index (χ1) is 7.33. The average molecular weight is 226 g/mol. The molecule has 1 aromatic carbocycles. The second-order valence-corrected chi connectivity index (χ2v) is 4.00. The lowest BCUT2D eigenvalue weighted by molar-refractivity contribution is 0.341. The molecule has 0 amide bonds. The zero-order valence-electron chi connectivity index (χ0n) is 8.78.